The topological polar surface area (TPSA) is 43.4 Å². The minimum absolute atomic E-state index is 0.0487. The van der Waals surface area contributed by atoms with Crippen LogP contribution in [0.1, 0.15) is 75.7 Å². The zero-order valence-corrected chi connectivity index (χ0v) is 14.8. The summed E-state index contributed by atoms with van der Waals surface area (Å²) in [7, 11) is 0. The van der Waals surface area contributed by atoms with E-state index >= 15 is 0 Å². The van der Waals surface area contributed by atoms with Gasteiger partial charge in [-0.3, -0.25) is 9.59 Å². The molecule has 132 valence electrons. The molecule has 0 aromatic rings. The molecule has 4 aliphatic carbocycles. The monoisotopic (exact) mass is 333 g/mol. The van der Waals surface area contributed by atoms with Gasteiger partial charge < -0.3 is 4.74 Å². The van der Waals surface area contributed by atoms with Gasteiger partial charge in [-0.05, 0) is 74.6 Å². The van der Waals surface area contributed by atoms with Crippen molar-refractivity contribution >= 4 is 11.8 Å². The lowest BCUT2D eigenvalue weighted by Gasteiger charge is -2.53. The highest BCUT2D eigenvalue weighted by atomic mass is 16.5. The molecule has 0 unspecified atom stereocenters. The Kier molecular flexibility index (Phi) is 3.28. The molecule has 0 heterocycles. The summed E-state index contributed by atoms with van der Waals surface area (Å²) in [6.07, 6.45) is 3.68. The fourth-order valence-corrected chi connectivity index (χ4v) is 5.90. The van der Waals surface area contributed by atoms with E-state index < -0.39 is 23.8 Å². The molecule has 3 saturated carbocycles. The number of esters is 1. The first-order valence-corrected chi connectivity index (χ1v) is 9.58. The summed E-state index contributed by atoms with van der Waals surface area (Å²) >= 11 is 0. The van der Waals surface area contributed by atoms with Crippen LogP contribution in [0.25, 0.3) is 0 Å². The van der Waals surface area contributed by atoms with Crippen LogP contribution in [0.3, 0.4) is 0 Å². The molecule has 3 nitrogen and oxygen atoms in total. The predicted molar refractivity (Wildman–Crippen MR) is 92.3 cm³/mol. The molecule has 0 amide bonds. The number of allylic oxidation sites excluding steroid dienone is 1. The second-order valence-electron chi connectivity index (χ2n) is 8.30. The number of hydrogen-bond acceptors (Lipinski definition) is 3. The fraction of sp³-hybridized carbons (Fsp3) is 0.810. The van der Waals surface area contributed by atoms with Gasteiger partial charge >= 0.3 is 5.97 Å². The van der Waals surface area contributed by atoms with E-state index in [4.69, 9.17) is 8.85 Å². The van der Waals surface area contributed by atoms with Crippen LogP contribution in [0.15, 0.2) is 11.6 Å². The highest BCUT2D eigenvalue weighted by Gasteiger charge is 2.57. The largest absolute Gasteiger partial charge is 0.462 e. The lowest BCUT2D eigenvalue weighted by atomic mass is 9.52. The van der Waals surface area contributed by atoms with Gasteiger partial charge in [0.1, 0.15) is 6.08 Å². The van der Waals surface area contributed by atoms with Crippen LogP contribution in [-0.4, -0.2) is 17.8 Å². The Balaban J connectivity index is 1.67. The van der Waals surface area contributed by atoms with Gasteiger partial charge in [0.25, 0.3) is 0 Å². The smallest absolute Gasteiger partial charge is 0.305 e. The van der Waals surface area contributed by atoms with Crippen molar-refractivity contribution in [1.29, 1.82) is 0 Å². The second kappa shape index (κ2) is 6.00. The average molecular weight is 333 g/mol. The van der Waals surface area contributed by atoms with Gasteiger partial charge in [-0.2, -0.15) is 0 Å². The Bertz CT molecular complexity index is 703. The number of ether oxygens (including phenoxy) is 1. The molecule has 24 heavy (non-hydrogen) atoms. The Hall–Kier alpha value is -1.12. The summed E-state index contributed by atoms with van der Waals surface area (Å²) in [5.41, 5.74) is 0.639. The third kappa shape index (κ3) is 2.46. The van der Waals surface area contributed by atoms with Crippen molar-refractivity contribution < 1.29 is 18.4 Å². The first-order valence-electron chi connectivity index (χ1n) is 11.1. The quantitative estimate of drug-likeness (QED) is 0.701. The molecule has 0 radical (unpaired) electrons. The number of carbonyl (C=O) groups is 2. The zero-order chi connectivity index (χ0) is 19.6. The Morgan fingerprint density at radius 1 is 1.33 bits per heavy atom. The summed E-state index contributed by atoms with van der Waals surface area (Å²) in [5.74, 6) is 1.06. The van der Waals surface area contributed by atoms with Gasteiger partial charge in [0.05, 0.1) is 1.37 Å². The Labute approximate surface area is 149 Å². The van der Waals surface area contributed by atoms with Crippen LogP contribution in [-0.2, 0) is 14.3 Å². The summed E-state index contributed by atoms with van der Waals surface area (Å²) < 4.78 is 31.7. The minimum Gasteiger partial charge on any atom is -0.462 e. The van der Waals surface area contributed by atoms with Crippen molar-refractivity contribution in [3.8, 4) is 0 Å². The van der Waals surface area contributed by atoms with E-state index in [-0.39, 0.29) is 24.5 Å². The lowest BCUT2D eigenvalue weighted by Crippen LogP contribution is -2.48. The minimum atomic E-state index is -1.84. The molecule has 3 heteroatoms. The van der Waals surface area contributed by atoms with E-state index in [0.717, 1.165) is 25.7 Å². The number of fused-ring (bicyclic) bond motifs is 5. The fourth-order valence-electron chi connectivity index (χ4n) is 5.90. The third-order valence-corrected chi connectivity index (χ3v) is 7.20. The Morgan fingerprint density at radius 3 is 2.96 bits per heavy atom. The molecular formula is C21H30O3. The number of ketones is 1. The normalized spacial score (nSPS) is 51.2. The summed E-state index contributed by atoms with van der Waals surface area (Å²) in [4.78, 5) is 23.8. The maximum Gasteiger partial charge on any atom is 0.305 e. The second-order valence-corrected chi connectivity index (χ2v) is 8.30. The van der Waals surface area contributed by atoms with Crippen molar-refractivity contribution in [3.63, 3.8) is 0 Å². The molecule has 3 fully saturated rings. The van der Waals surface area contributed by atoms with E-state index in [1.54, 1.807) is 6.92 Å². The maximum atomic E-state index is 12.0. The molecule has 4 rings (SSSR count). The zero-order valence-electron chi connectivity index (χ0n) is 17.8. The van der Waals surface area contributed by atoms with E-state index in [9.17, 15) is 9.59 Å². The maximum absolute atomic E-state index is 12.0. The predicted octanol–water partition coefficient (Wildman–Crippen LogP) is 4.45. The molecule has 0 aliphatic heterocycles. The highest BCUT2D eigenvalue weighted by molar-refractivity contribution is 5.91. The summed E-state index contributed by atoms with van der Waals surface area (Å²) in [5, 5.41) is 0. The van der Waals surface area contributed by atoms with Crippen LogP contribution < -0.4 is 0 Å². The molecule has 0 aromatic carbocycles. The van der Waals surface area contributed by atoms with Crippen molar-refractivity contribution in [2.75, 3.05) is 0 Å². The van der Waals surface area contributed by atoms with Gasteiger partial charge in [-0.15, -0.1) is 0 Å². The molecule has 0 N–H and O–H groups in total. The van der Waals surface area contributed by atoms with Crippen LogP contribution in [0.4, 0.5) is 0 Å². The van der Waals surface area contributed by atoms with E-state index in [1.807, 2.05) is 13.0 Å². The summed E-state index contributed by atoms with van der Waals surface area (Å²) in [6.45, 7) is 3.66. The Morgan fingerprint density at radius 2 is 2.17 bits per heavy atom. The molecule has 0 saturated heterocycles. The molecule has 0 bridgehead atoms. The first-order chi connectivity index (χ1) is 12.6. The van der Waals surface area contributed by atoms with Crippen LogP contribution in [0, 0.1) is 29.1 Å². The molecule has 4 aliphatic rings. The molecular weight excluding hydrogens is 300 g/mol. The molecule has 6 atom stereocenters. The van der Waals surface area contributed by atoms with Gasteiger partial charge in [-0.25, -0.2) is 0 Å². The average Bonchev–Trinajstić information content (AvgIpc) is 2.77. The molecule has 0 spiro atoms. The van der Waals surface area contributed by atoms with Crippen molar-refractivity contribution in [3.05, 3.63) is 11.6 Å². The van der Waals surface area contributed by atoms with E-state index in [1.165, 1.54) is 5.57 Å². The SMILES string of the molecule is [2H]C1([2H])C[C@H]2[C@@H]3CCC4=CC(=O)CC[C@@H]4[C@H]3CC[C@]2(C)[C@@]1([2H])OC(=O)CC. The lowest BCUT2D eigenvalue weighted by molar-refractivity contribution is -0.158. The standard InChI is InChI=1S/C21H30O3/c1-3-20(23)24-19-9-8-18-17-6-4-13-12-14(22)5-7-15(13)16(17)10-11-21(18,19)2/h12,15-19H,3-11H2,1-2H3/t15-,16+,17+,18-,19-,21-/m0/s1/i9D2,19D. The van der Waals surface area contributed by atoms with Crippen LogP contribution >= 0.6 is 0 Å². The van der Waals surface area contributed by atoms with Crippen molar-refractivity contribution in [1.82, 2.24) is 0 Å². The summed E-state index contributed by atoms with van der Waals surface area (Å²) in [6, 6.07) is 0. The van der Waals surface area contributed by atoms with E-state index in [0.29, 0.717) is 30.6 Å². The van der Waals surface area contributed by atoms with Crippen LogP contribution in [0.2, 0.25) is 0 Å². The van der Waals surface area contributed by atoms with Gasteiger partial charge in [-0.1, -0.05) is 19.4 Å². The number of rotatable bonds is 2. The highest BCUT2D eigenvalue weighted by Crippen LogP contribution is 2.62. The van der Waals surface area contributed by atoms with E-state index in [2.05, 4.69) is 0 Å². The first kappa shape index (κ1) is 13.1. The van der Waals surface area contributed by atoms with Crippen molar-refractivity contribution in [2.24, 2.45) is 29.1 Å². The third-order valence-electron chi connectivity index (χ3n) is 7.20. The molecule has 0 aromatic heterocycles. The van der Waals surface area contributed by atoms with Gasteiger partial charge in [0.15, 0.2) is 5.78 Å². The number of hydrogen-bond donors (Lipinski definition) is 0. The van der Waals surface area contributed by atoms with Crippen LogP contribution in [0.5, 0.6) is 0 Å². The number of carbonyl (C=O) groups excluding carboxylic acids is 2. The van der Waals surface area contributed by atoms with Gasteiger partial charge in [0, 0.05) is 21.0 Å². The van der Waals surface area contributed by atoms with Gasteiger partial charge in [0.2, 0.25) is 0 Å². The van der Waals surface area contributed by atoms with Crippen molar-refractivity contribution in [2.45, 2.75) is 77.7 Å².